The maximum atomic E-state index is 2.42. The largest absolute Gasteiger partial charge is 0.310 e. The van der Waals surface area contributed by atoms with Crippen LogP contribution in [0.25, 0.3) is 86.6 Å². The van der Waals surface area contributed by atoms with Crippen LogP contribution in [0.15, 0.2) is 237 Å². The van der Waals surface area contributed by atoms with E-state index in [1.54, 1.807) is 0 Å². The fourth-order valence-electron chi connectivity index (χ4n) is 8.78. The summed E-state index contributed by atoms with van der Waals surface area (Å²) in [5.41, 5.74) is 15.3. The van der Waals surface area contributed by atoms with Gasteiger partial charge in [-0.05, 0) is 122 Å². The van der Waals surface area contributed by atoms with Crippen molar-refractivity contribution in [2.45, 2.75) is 0 Å². The average molecular weight is 782 g/mol. The Balaban J connectivity index is 1.05. The minimum absolute atomic E-state index is 1.09. The van der Waals surface area contributed by atoms with Gasteiger partial charge in [-0.15, -0.1) is 11.3 Å². The van der Waals surface area contributed by atoms with Gasteiger partial charge < -0.3 is 4.90 Å². The Labute approximate surface area is 354 Å². The summed E-state index contributed by atoms with van der Waals surface area (Å²) in [6, 6.07) is 86.1. The Kier molecular flexibility index (Phi) is 9.11. The SMILES string of the molecule is c1ccc(-c2cc(-c3ccccc3)cc(-c3ccc(N(c4ccc(-c5cccc6sc7ccccc7c56)cc4)c4ccccc4-c4cccc5ccccc45)cc3)c2)cc1. The zero-order chi connectivity index (χ0) is 39.8. The summed E-state index contributed by atoms with van der Waals surface area (Å²) < 4.78 is 2.63. The number of anilines is 3. The van der Waals surface area contributed by atoms with Crippen LogP contribution < -0.4 is 4.90 Å². The molecule has 0 unspecified atom stereocenters. The zero-order valence-electron chi connectivity index (χ0n) is 32.9. The normalized spacial score (nSPS) is 11.3. The quantitative estimate of drug-likeness (QED) is 0.148. The molecule has 282 valence electrons. The molecular formula is C58H39NS. The van der Waals surface area contributed by atoms with Gasteiger partial charge in [0.05, 0.1) is 5.69 Å². The third-order valence-electron chi connectivity index (χ3n) is 11.7. The van der Waals surface area contributed by atoms with Crippen LogP contribution in [0, 0.1) is 0 Å². The van der Waals surface area contributed by atoms with E-state index in [0.717, 1.165) is 17.1 Å². The molecule has 0 aliphatic heterocycles. The van der Waals surface area contributed by atoms with Crippen LogP contribution in [-0.2, 0) is 0 Å². The molecule has 0 bridgehead atoms. The van der Waals surface area contributed by atoms with Gasteiger partial charge in [-0.3, -0.25) is 0 Å². The lowest BCUT2D eigenvalue weighted by molar-refractivity contribution is 1.28. The van der Waals surface area contributed by atoms with Crippen molar-refractivity contribution < 1.29 is 0 Å². The van der Waals surface area contributed by atoms with Gasteiger partial charge in [-0.1, -0.05) is 176 Å². The first-order valence-electron chi connectivity index (χ1n) is 20.5. The molecule has 0 saturated heterocycles. The summed E-state index contributed by atoms with van der Waals surface area (Å²) in [6.07, 6.45) is 0. The van der Waals surface area contributed by atoms with Gasteiger partial charge in [0, 0.05) is 37.1 Å². The van der Waals surface area contributed by atoms with E-state index in [-0.39, 0.29) is 0 Å². The van der Waals surface area contributed by atoms with Crippen LogP contribution in [0.1, 0.15) is 0 Å². The van der Waals surface area contributed by atoms with Gasteiger partial charge in [0.15, 0.2) is 0 Å². The van der Waals surface area contributed by atoms with E-state index in [4.69, 9.17) is 0 Å². The van der Waals surface area contributed by atoms with E-state index in [2.05, 4.69) is 241 Å². The topological polar surface area (TPSA) is 3.24 Å². The maximum absolute atomic E-state index is 2.42. The molecule has 1 heterocycles. The second-order valence-electron chi connectivity index (χ2n) is 15.3. The molecule has 60 heavy (non-hydrogen) atoms. The molecule has 0 fully saturated rings. The van der Waals surface area contributed by atoms with E-state index in [9.17, 15) is 0 Å². The number of fused-ring (bicyclic) bond motifs is 4. The van der Waals surface area contributed by atoms with Crippen molar-refractivity contribution in [2.24, 2.45) is 0 Å². The zero-order valence-corrected chi connectivity index (χ0v) is 33.7. The van der Waals surface area contributed by atoms with Gasteiger partial charge in [-0.2, -0.15) is 0 Å². The van der Waals surface area contributed by atoms with Crippen LogP contribution in [0.3, 0.4) is 0 Å². The summed E-state index contributed by atoms with van der Waals surface area (Å²) in [6.45, 7) is 0. The van der Waals surface area contributed by atoms with Crippen molar-refractivity contribution in [3.63, 3.8) is 0 Å². The van der Waals surface area contributed by atoms with Crippen molar-refractivity contribution in [1.29, 1.82) is 0 Å². The Bertz CT molecular complexity index is 3230. The lowest BCUT2D eigenvalue weighted by atomic mass is 9.93. The number of hydrogen-bond donors (Lipinski definition) is 0. The van der Waals surface area contributed by atoms with Crippen molar-refractivity contribution in [1.82, 2.24) is 0 Å². The van der Waals surface area contributed by atoms with Gasteiger partial charge in [0.2, 0.25) is 0 Å². The molecule has 11 rings (SSSR count). The van der Waals surface area contributed by atoms with Crippen molar-refractivity contribution in [2.75, 3.05) is 4.90 Å². The molecule has 11 aromatic rings. The lowest BCUT2D eigenvalue weighted by Gasteiger charge is -2.28. The van der Waals surface area contributed by atoms with Gasteiger partial charge in [0.1, 0.15) is 0 Å². The highest BCUT2D eigenvalue weighted by Crippen LogP contribution is 2.45. The second kappa shape index (κ2) is 15.3. The first kappa shape index (κ1) is 35.6. The van der Waals surface area contributed by atoms with E-state index >= 15 is 0 Å². The van der Waals surface area contributed by atoms with Crippen LogP contribution in [0.2, 0.25) is 0 Å². The minimum atomic E-state index is 1.09. The standard InChI is InChI=1S/C58H39NS/c1-3-15-40(16-4-1)45-37-46(41-17-5-2-6-18-41)39-47(38-45)42-29-33-48(34-30-42)59(55-26-11-9-22-53(55)52-25-13-20-43-19-7-8-21-50(43)52)49-35-31-44(32-36-49)51-24-14-28-57-58(51)54-23-10-12-27-56(54)60-57/h1-39H. The molecular weight excluding hydrogens is 743 g/mol. The fraction of sp³-hybridized carbons (Fsp3) is 0. The Morgan fingerprint density at radius 1 is 0.283 bits per heavy atom. The Morgan fingerprint density at radius 2 is 0.750 bits per heavy atom. The van der Waals surface area contributed by atoms with Crippen LogP contribution >= 0.6 is 11.3 Å². The minimum Gasteiger partial charge on any atom is -0.310 e. The molecule has 0 amide bonds. The monoisotopic (exact) mass is 781 g/mol. The van der Waals surface area contributed by atoms with Gasteiger partial charge in [0.25, 0.3) is 0 Å². The van der Waals surface area contributed by atoms with Crippen LogP contribution in [0.5, 0.6) is 0 Å². The van der Waals surface area contributed by atoms with Crippen molar-refractivity contribution in [3.8, 4) is 55.6 Å². The highest BCUT2D eigenvalue weighted by Gasteiger charge is 2.20. The van der Waals surface area contributed by atoms with Crippen LogP contribution in [-0.4, -0.2) is 0 Å². The predicted molar refractivity (Wildman–Crippen MR) is 259 cm³/mol. The van der Waals surface area contributed by atoms with Gasteiger partial charge >= 0.3 is 0 Å². The van der Waals surface area contributed by atoms with Crippen molar-refractivity contribution in [3.05, 3.63) is 237 Å². The molecule has 0 N–H and O–H groups in total. The number of nitrogens with zero attached hydrogens (tertiary/aromatic N) is 1. The molecule has 0 aliphatic carbocycles. The first-order valence-corrected chi connectivity index (χ1v) is 21.3. The Morgan fingerprint density at radius 3 is 1.43 bits per heavy atom. The number of para-hydroxylation sites is 1. The highest BCUT2D eigenvalue weighted by atomic mass is 32.1. The first-order chi connectivity index (χ1) is 29.7. The van der Waals surface area contributed by atoms with E-state index in [1.807, 2.05) is 11.3 Å². The number of benzene rings is 10. The number of rotatable bonds is 8. The molecule has 1 aromatic heterocycles. The third-order valence-corrected chi connectivity index (χ3v) is 12.8. The fourth-order valence-corrected chi connectivity index (χ4v) is 9.91. The molecule has 10 aromatic carbocycles. The van der Waals surface area contributed by atoms with Crippen LogP contribution in [0.4, 0.5) is 17.1 Å². The van der Waals surface area contributed by atoms with E-state index < -0.39 is 0 Å². The molecule has 0 radical (unpaired) electrons. The molecule has 0 aliphatic rings. The summed E-state index contributed by atoms with van der Waals surface area (Å²) in [5, 5.41) is 5.11. The highest BCUT2D eigenvalue weighted by molar-refractivity contribution is 7.25. The molecule has 0 saturated carbocycles. The van der Waals surface area contributed by atoms with Crippen molar-refractivity contribution >= 4 is 59.3 Å². The molecule has 0 atom stereocenters. The second-order valence-corrected chi connectivity index (χ2v) is 16.4. The summed E-state index contributed by atoms with van der Waals surface area (Å²) in [5.74, 6) is 0. The average Bonchev–Trinajstić information content (AvgIpc) is 3.72. The lowest BCUT2D eigenvalue weighted by Crippen LogP contribution is -2.11. The smallest absolute Gasteiger partial charge is 0.0540 e. The Hall–Kier alpha value is -7.52. The predicted octanol–water partition coefficient (Wildman–Crippen LogP) is 17.0. The maximum Gasteiger partial charge on any atom is 0.0540 e. The summed E-state index contributed by atoms with van der Waals surface area (Å²) >= 11 is 1.86. The molecule has 0 spiro atoms. The molecule has 2 heteroatoms. The summed E-state index contributed by atoms with van der Waals surface area (Å²) in [4.78, 5) is 2.42. The molecule has 1 nitrogen and oxygen atoms in total. The third kappa shape index (κ3) is 6.54. The summed E-state index contributed by atoms with van der Waals surface area (Å²) in [7, 11) is 0. The number of hydrogen-bond acceptors (Lipinski definition) is 2. The van der Waals surface area contributed by atoms with E-state index in [1.165, 1.54) is 86.6 Å². The van der Waals surface area contributed by atoms with E-state index in [0.29, 0.717) is 0 Å². The number of thiophene rings is 1. The van der Waals surface area contributed by atoms with Gasteiger partial charge in [-0.25, -0.2) is 0 Å².